The fraction of sp³-hybridized carbons (Fsp3) is 0.667. The highest BCUT2D eigenvalue weighted by atomic mass is 16.4. The molecule has 13 heteroatoms. The number of nitrogens with one attached hydrogen (secondary N) is 3. The van der Waals surface area contributed by atoms with E-state index >= 15 is 0 Å². The minimum absolute atomic E-state index is 0.113. The molecule has 0 radical (unpaired) electrons. The smallest absolute Gasteiger partial charge is 0.326 e. The molecule has 0 heterocycles. The maximum Gasteiger partial charge on any atom is 0.326 e. The number of carbonyl (C=O) groups excluding carboxylic acids is 5. The molecular weight excluding hydrogens is 412 g/mol. The number of hydrogen-bond donors (Lipinski definition) is 7. The minimum atomic E-state index is -1.37. The summed E-state index contributed by atoms with van der Waals surface area (Å²) in [6.07, 6.45) is -0.140. The summed E-state index contributed by atoms with van der Waals surface area (Å²) in [7, 11) is 0. The number of nitrogens with two attached hydrogens (primary N) is 3. The molecule has 0 aliphatic rings. The van der Waals surface area contributed by atoms with Gasteiger partial charge in [-0.1, -0.05) is 20.3 Å². The van der Waals surface area contributed by atoms with Crippen molar-refractivity contribution in [3.05, 3.63) is 0 Å². The summed E-state index contributed by atoms with van der Waals surface area (Å²) in [5.41, 5.74) is 15.9. The topological polar surface area (TPSA) is 237 Å². The summed E-state index contributed by atoms with van der Waals surface area (Å²) >= 11 is 0. The van der Waals surface area contributed by atoms with Crippen LogP contribution >= 0.6 is 0 Å². The number of rotatable bonds is 15. The predicted molar refractivity (Wildman–Crippen MR) is 109 cm³/mol. The van der Waals surface area contributed by atoms with Gasteiger partial charge in [-0.25, -0.2) is 4.79 Å². The van der Waals surface area contributed by atoms with Gasteiger partial charge in [0.1, 0.15) is 12.1 Å². The molecule has 0 spiro atoms. The number of hydrogen-bond acceptors (Lipinski definition) is 7. The Morgan fingerprint density at radius 1 is 0.871 bits per heavy atom. The van der Waals surface area contributed by atoms with E-state index in [1.54, 1.807) is 6.92 Å². The molecule has 5 amide bonds. The highest BCUT2D eigenvalue weighted by Crippen LogP contribution is 2.07. The average Bonchev–Trinajstić information content (AvgIpc) is 2.70. The highest BCUT2D eigenvalue weighted by Gasteiger charge is 2.27. The third-order valence-corrected chi connectivity index (χ3v) is 4.61. The van der Waals surface area contributed by atoms with Crippen LogP contribution in [0.15, 0.2) is 0 Å². The maximum atomic E-state index is 12.4. The molecule has 10 N–H and O–H groups in total. The third kappa shape index (κ3) is 11.5. The summed E-state index contributed by atoms with van der Waals surface area (Å²) in [6, 6.07) is -3.41. The van der Waals surface area contributed by atoms with E-state index in [0.717, 1.165) is 0 Å². The summed E-state index contributed by atoms with van der Waals surface area (Å²) in [5.74, 6) is -5.13. The van der Waals surface area contributed by atoms with Gasteiger partial charge in [-0.15, -0.1) is 0 Å². The molecule has 0 bridgehead atoms. The van der Waals surface area contributed by atoms with Crippen LogP contribution in [0.5, 0.6) is 0 Å². The summed E-state index contributed by atoms with van der Waals surface area (Å²) in [4.78, 5) is 69.7. The number of primary amides is 2. The van der Waals surface area contributed by atoms with Crippen molar-refractivity contribution in [3.8, 4) is 0 Å². The zero-order valence-electron chi connectivity index (χ0n) is 17.7. The van der Waals surface area contributed by atoms with Crippen molar-refractivity contribution in [1.82, 2.24) is 16.0 Å². The van der Waals surface area contributed by atoms with Crippen LogP contribution in [0.1, 0.15) is 46.0 Å². The van der Waals surface area contributed by atoms with Gasteiger partial charge >= 0.3 is 5.97 Å². The average molecular weight is 444 g/mol. The first kappa shape index (κ1) is 27.8. The van der Waals surface area contributed by atoms with Gasteiger partial charge in [-0.3, -0.25) is 24.0 Å². The van der Waals surface area contributed by atoms with Crippen LogP contribution in [0, 0.1) is 5.92 Å². The lowest BCUT2D eigenvalue weighted by Gasteiger charge is -2.23. The number of amides is 5. The molecular formula is C18H32N6O7. The Bertz CT molecular complexity index is 684. The third-order valence-electron chi connectivity index (χ3n) is 4.61. The van der Waals surface area contributed by atoms with E-state index in [1.807, 2.05) is 6.92 Å². The van der Waals surface area contributed by atoms with Gasteiger partial charge < -0.3 is 38.3 Å². The van der Waals surface area contributed by atoms with E-state index in [4.69, 9.17) is 22.3 Å². The van der Waals surface area contributed by atoms with Crippen LogP contribution in [-0.4, -0.2) is 65.3 Å². The fourth-order valence-corrected chi connectivity index (χ4v) is 2.42. The first-order valence-electron chi connectivity index (χ1n) is 9.81. The lowest BCUT2D eigenvalue weighted by molar-refractivity contribution is -0.142. The first-order chi connectivity index (χ1) is 14.4. The molecule has 0 saturated heterocycles. The van der Waals surface area contributed by atoms with Gasteiger partial charge in [0.15, 0.2) is 0 Å². The molecule has 0 fully saturated rings. The molecule has 0 saturated carbocycles. The summed E-state index contributed by atoms with van der Waals surface area (Å²) in [6.45, 7) is 3.02. The Kier molecular flexibility index (Phi) is 12.5. The molecule has 31 heavy (non-hydrogen) atoms. The van der Waals surface area contributed by atoms with Crippen LogP contribution in [-0.2, 0) is 28.8 Å². The second-order valence-electron chi connectivity index (χ2n) is 7.16. The van der Waals surface area contributed by atoms with E-state index in [-0.39, 0.29) is 31.6 Å². The number of carboxylic acid groups (broad SMARTS) is 1. The normalized spacial score (nSPS) is 14.4. The van der Waals surface area contributed by atoms with Crippen molar-refractivity contribution < 1.29 is 33.9 Å². The van der Waals surface area contributed by atoms with E-state index in [2.05, 4.69) is 16.0 Å². The molecule has 0 aliphatic carbocycles. The van der Waals surface area contributed by atoms with Crippen LogP contribution in [0.25, 0.3) is 0 Å². The van der Waals surface area contributed by atoms with Gasteiger partial charge in [0, 0.05) is 12.8 Å². The van der Waals surface area contributed by atoms with Crippen molar-refractivity contribution in [2.24, 2.45) is 23.1 Å². The molecule has 176 valence electrons. The standard InChI is InChI=1S/C18H32N6O7/c1-3-9(2)15(21)17(29)24-10(4-6-12(19)25)16(28)22-8-14(27)23-11(18(30)31)5-7-13(20)26/h9-11,15H,3-8,21H2,1-2H3,(H2,19,25)(H2,20,26)(H,22,28)(H,23,27)(H,24,29)(H,30,31). The zero-order valence-corrected chi connectivity index (χ0v) is 17.7. The van der Waals surface area contributed by atoms with E-state index in [0.29, 0.717) is 6.42 Å². The lowest BCUT2D eigenvalue weighted by Crippen LogP contribution is -2.54. The first-order valence-corrected chi connectivity index (χ1v) is 9.81. The largest absolute Gasteiger partial charge is 0.480 e. The molecule has 4 unspecified atom stereocenters. The van der Waals surface area contributed by atoms with Crippen LogP contribution in [0.3, 0.4) is 0 Å². The van der Waals surface area contributed by atoms with Gasteiger partial charge in [0.25, 0.3) is 0 Å². The summed E-state index contributed by atoms with van der Waals surface area (Å²) in [5, 5.41) is 15.9. The Balaban J connectivity index is 4.94. The Labute approximate surface area is 179 Å². The van der Waals surface area contributed by atoms with Crippen LogP contribution in [0.2, 0.25) is 0 Å². The zero-order chi connectivity index (χ0) is 24.1. The van der Waals surface area contributed by atoms with E-state index in [1.165, 1.54) is 0 Å². The van der Waals surface area contributed by atoms with E-state index < -0.39 is 60.2 Å². The molecule has 0 rings (SSSR count). The van der Waals surface area contributed by atoms with Crippen LogP contribution in [0.4, 0.5) is 0 Å². The van der Waals surface area contributed by atoms with E-state index in [9.17, 15) is 28.8 Å². The van der Waals surface area contributed by atoms with Gasteiger partial charge in [-0.05, 0) is 18.8 Å². The monoisotopic (exact) mass is 444 g/mol. The molecule has 0 aliphatic heterocycles. The Hall–Kier alpha value is -3.22. The van der Waals surface area contributed by atoms with Crippen molar-refractivity contribution in [1.29, 1.82) is 0 Å². The predicted octanol–water partition coefficient (Wildman–Crippen LogP) is -2.94. The molecule has 13 nitrogen and oxygen atoms in total. The Morgan fingerprint density at radius 2 is 1.39 bits per heavy atom. The molecule has 4 atom stereocenters. The van der Waals surface area contributed by atoms with Gasteiger partial charge in [-0.2, -0.15) is 0 Å². The Morgan fingerprint density at radius 3 is 1.84 bits per heavy atom. The van der Waals surface area contributed by atoms with Crippen LogP contribution < -0.4 is 33.2 Å². The summed E-state index contributed by atoms with van der Waals surface area (Å²) < 4.78 is 0. The molecule has 0 aromatic carbocycles. The fourth-order valence-electron chi connectivity index (χ4n) is 2.42. The van der Waals surface area contributed by atoms with Crippen molar-refractivity contribution in [2.45, 2.75) is 64.1 Å². The second-order valence-corrected chi connectivity index (χ2v) is 7.16. The quantitative estimate of drug-likeness (QED) is 0.137. The highest BCUT2D eigenvalue weighted by molar-refractivity contribution is 5.93. The van der Waals surface area contributed by atoms with Crippen molar-refractivity contribution >= 4 is 35.5 Å². The number of aliphatic carboxylic acids is 1. The molecule has 0 aromatic heterocycles. The number of carboxylic acids is 1. The molecule has 0 aromatic rings. The van der Waals surface area contributed by atoms with Gasteiger partial charge in [0.2, 0.25) is 29.5 Å². The lowest BCUT2D eigenvalue weighted by atomic mass is 9.98. The SMILES string of the molecule is CCC(C)C(N)C(=O)NC(CCC(N)=O)C(=O)NCC(=O)NC(CCC(N)=O)C(=O)O. The number of carbonyl (C=O) groups is 6. The van der Waals surface area contributed by atoms with Crippen molar-refractivity contribution in [2.75, 3.05) is 6.54 Å². The van der Waals surface area contributed by atoms with Gasteiger partial charge in [0.05, 0.1) is 12.6 Å². The minimum Gasteiger partial charge on any atom is -0.480 e. The maximum absolute atomic E-state index is 12.4. The second kappa shape index (κ2) is 13.9. The van der Waals surface area contributed by atoms with Crippen molar-refractivity contribution in [3.63, 3.8) is 0 Å².